The maximum atomic E-state index is 5.71. The fraction of sp³-hybridized carbons (Fsp3) is 0.0638. The summed E-state index contributed by atoms with van der Waals surface area (Å²) < 4.78 is 2.45. The van der Waals surface area contributed by atoms with Crippen molar-refractivity contribution in [3.63, 3.8) is 0 Å². The number of hydrogen-bond acceptors (Lipinski definition) is 2. The number of benzene rings is 8. The summed E-state index contributed by atoms with van der Waals surface area (Å²) in [5.41, 5.74) is 11.1. The molecule has 0 atom stereocenters. The molecule has 8 aromatic carbocycles. The van der Waals surface area contributed by atoms with Crippen LogP contribution in [0.15, 0.2) is 152 Å². The summed E-state index contributed by atoms with van der Waals surface area (Å²) in [6, 6.07) is 55.0. The van der Waals surface area contributed by atoms with E-state index in [2.05, 4.69) is 170 Å². The van der Waals surface area contributed by atoms with Crippen LogP contribution in [0.4, 0.5) is 0 Å². The molecule has 0 saturated heterocycles. The van der Waals surface area contributed by atoms with E-state index in [4.69, 9.17) is 9.97 Å². The Labute approximate surface area is 289 Å². The van der Waals surface area contributed by atoms with E-state index in [1.54, 1.807) is 0 Å². The zero-order valence-corrected chi connectivity index (χ0v) is 27.8. The lowest BCUT2D eigenvalue weighted by atomic mass is 9.81. The van der Waals surface area contributed by atoms with Crippen LogP contribution in [0.3, 0.4) is 0 Å². The van der Waals surface area contributed by atoms with Crippen molar-refractivity contribution in [2.24, 2.45) is 0 Å². The Morgan fingerprint density at radius 2 is 1.18 bits per heavy atom. The molecule has 0 fully saturated rings. The third-order valence-corrected chi connectivity index (χ3v) is 11.1. The van der Waals surface area contributed by atoms with Crippen LogP contribution in [0.25, 0.3) is 93.4 Å². The minimum atomic E-state index is -0.225. The predicted octanol–water partition coefficient (Wildman–Crippen LogP) is 12.2. The molecule has 0 amide bonds. The van der Waals surface area contributed by atoms with Crippen LogP contribution in [-0.2, 0) is 5.41 Å². The highest BCUT2D eigenvalue weighted by molar-refractivity contribution is 6.17. The maximum Gasteiger partial charge on any atom is 0.165 e. The Hall–Kier alpha value is -6.32. The molecule has 3 heteroatoms. The van der Waals surface area contributed by atoms with E-state index in [1.165, 1.54) is 60.1 Å². The van der Waals surface area contributed by atoms with E-state index >= 15 is 0 Å². The second kappa shape index (κ2) is 9.87. The molecule has 3 nitrogen and oxygen atoms in total. The minimum absolute atomic E-state index is 0.225. The lowest BCUT2D eigenvalue weighted by Gasteiger charge is -2.24. The van der Waals surface area contributed by atoms with Crippen molar-refractivity contribution in [3.05, 3.63) is 163 Å². The smallest absolute Gasteiger partial charge is 0.165 e. The maximum absolute atomic E-state index is 5.71. The molecule has 2 heterocycles. The summed E-state index contributed by atoms with van der Waals surface area (Å²) in [5.74, 6) is 0.847. The summed E-state index contributed by atoms with van der Waals surface area (Å²) in [4.78, 5) is 11.2. The van der Waals surface area contributed by atoms with Crippen molar-refractivity contribution in [2.45, 2.75) is 19.3 Å². The molecular weight excluding hydrogens is 607 g/mol. The normalized spacial score (nSPS) is 13.6. The van der Waals surface area contributed by atoms with Gasteiger partial charge in [-0.1, -0.05) is 141 Å². The zero-order valence-electron chi connectivity index (χ0n) is 27.8. The van der Waals surface area contributed by atoms with E-state index in [-0.39, 0.29) is 5.41 Å². The lowest BCUT2D eigenvalue weighted by molar-refractivity contribution is 0.663. The number of nitrogens with zero attached hydrogens (tertiary/aromatic N) is 3. The highest BCUT2D eigenvalue weighted by atomic mass is 15.1. The minimum Gasteiger partial charge on any atom is -0.292 e. The van der Waals surface area contributed by atoms with Crippen LogP contribution in [0.1, 0.15) is 25.0 Å². The molecular formula is C47H31N3. The van der Waals surface area contributed by atoms with E-state index in [0.29, 0.717) is 0 Å². The predicted molar refractivity (Wildman–Crippen MR) is 209 cm³/mol. The Bertz CT molecular complexity index is 3070. The lowest BCUT2D eigenvalue weighted by Crippen LogP contribution is -2.17. The molecule has 10 aromatic rings. The van der Waals surface area contributed by atoms with Gasteiger partial charge in [-0.15, -0.1) is 0 Å². The fourth-order valence-electron chi connectivity index (χ4n) is 8.73. The molecule has 50 heavy (non-hydrogen) atoms. The molecule has 0 unspecified atom stereocenters. The molecule has 0 radical (unpaired) electrons. The fourth-order valence-corrected chi connectivity index (χ4v) is 8.73. The van der Waals surface area contributed by atoms with Crippen molar-refractivity contribution in [3.8, 4) is 28.2 Å². The van der Waals surface area contributed by atoms with Crippen LogP contribution in [0.2, 0.25) is 0 Å². The summed E-state index contributed by atoms with van der Waals surface area (Å²) in [5, 5.41) is 9.53. The molecule has 0 N–H and O–H groups in total. The van der Waals surface area contributed by atoms with Gasteiger partial charge < -0.3 is 0 Å². The average Bonchev–Trinajstić information content (AvgIpc) is 3.60. The summed E-state index contributed by atoms with van der Waals surface area (Å²) in [6.45, 7) is 4.75. The highest BCUT2D eigenvalue weighted by Gasteiger charge is 2.39. The van der Waals surface area contributed by atoms with Gasteiger partial charge in [0.2, 0.25) is 0 Å². The summed E-state index contributed by atoms with van der Waals surface area (Å²) >= 11 is 0. The SMILES string of the molecule is CC1(C)c2ccccc2-c2ccc3c4cc5ccccc5cc4n(-c4nc5c(ccc6ccccc65)nc4-c4ccc5ccccc5c4)c3c21. The van der Waals surface area contributed by atoms with Crippen LogP contribution in [0.5, 0.6) is 0 Å². The van der Waals surface area contributed by atoms with Gasteiger partial charge in [0.15, 0.2) is 5.82 Å². The van der Waals surface area contributed by atoms with Crippen LogP contribution >= 0.6 is 0 Å². The monoisotopic (exact) mass is 637 g/mol. The largest absolute Gasteiger partial charge is 0.292 e. The number of fused-ring (bicyclic) bond motifs is 12. The van der Waals surface area contributed by atoms with Crippen molar-refractivity contribution < 1.29 is 0 Å². The molecule has 1 aliphatic carbocycles. The first-order valence-electron chi connectivity index (χ1n) is 17.3. The standard InChI is InChI=1S/C47H31N3/c1-47(2)39-18-10-9-17-35(39)36-22-23-37-38-26-31-14-5-6-15-32(31)27-41(38)50(45(37)42(36)47)46-43(33-20-19-28-11-3-4-13-30(28)25-33)48-40-24-21-29-12-7-8-16-34(29)44(40)49-46/h3-27H,1-2H3. The Kier molecular flexibility index (Phi) is 5.45. The number of aromatic nitrogens is 3. The molecule has 234 valence electrons. The summed E-state index contributed by atoms with van der Waals surface area (Å²) in [6.07, 6.45) is 0. The van der Waals surface area contributed by atoms with E-state index < -0.39 is 0 Å². The first kappa shape index (κ1) is 27.6. The first-order chi connectivity index (χ1) is 24.5. The Balaban J connectivity index is 1.36. The van der Waals surface area contributed by atoms with Gasteiger partial charge in [-0.25, -0.2) is 9.97 Å². The molecule has 0 aliphatic heterocycles. The van der Waals surface area contributed by atoms with Gasteiger partial charge in [-0.05, 0) is 73.5 Å². The van der Waals surface area contributed by atoms with Gasteiger partial charge in [-0.2, -0.15) is 0 Å². The highest BCUT2D eigenvalue weighted by Crippen LogP contribution is 2.53. The number of rotatable bonds is 2. The molecule has 0 saturated carbocycles. The first-order valence-corrected chi connectivity index (χ1v) is 17.3. The van der Waals surface area contributed by atoms with Crippen molar-refractivity contribution in [2.75, 3.05) is 0 Å². The second-order valence-corrected chi connectivity index (χ2v) is 14.2. The van der Waals surface area contributed by atoms with Crippen molar-refractivity contribution in [1.82, 2.24) is 14.5 Å². The summed E-state index contributed by atoms with van der Waals surface area (Å²) in [7, 11) is 0. The topological polar surface area (TPSA) is 30.7 Å². The van der Waals surface area contributed by atoms with E-state index in [9.17, 15) is 0 Å². The Morgan fingerprint density at radius 3 is 2.02 bits per heavy atom. The molecule has 11 rings (SSSR count). The molecule has 0 bridgehead atoms. The van der Waals surface area contributed by atoms with E-state index in [0.717, 1.165) is 44.4 Å². The van der Waals surface area contributed by atoms with Gasteiger partial charge in [0, 0.05) is 27.1 Å². The quantitative estimate of drug-likeness (QED) is 0.177. The van der Waals surface area contributed by atoms with Gasteiger partial charge in [0.1, 0.15) is 5.69 Å². The van der Waals surface area contributed by atoms with Crippen LogP contribution in [0, 0.1) is 0 Å². The second-order valence-electron chi connectivity index (χ2n) is 14.2. The molecule has 0 spiro atoms. The Morgan fingerprint density at radius 1 is 0.500 bits per heavy atom. The third-order valence-electron chi connectivity index (χ3n) is 11.1. The average molecular weight is 638 g/mol. The van der Waals surface area contributed by atoms with Crippen molar-refractivity contribution >= 4 is 65.2 Å². The third kappa shape index (κ3) is 3.69. The van der Waals surface area contributed by atoms with Gasteiger partial charge in [0.05, 0.1) is 22.1 Å². The van der Waals surface area contributed by atoms with E-state index in [1.807, 2.05) is 0 Å². The van der Waals surface area contributed by atoms with Gasteiger partial charge in [0.25, 0.3) is 0 Å². The van der Waals surface area contributed by atoms with Crippen LogP contribution < -0.4 is 0 Å². The zero-order chi connectivity index (χ0) is 33.1. The molecule has 1 aliphatic rings. The van der Waals surface area contributed by atoms with Gasteiger partial charge >= 0.3 is 0 Å². The van der Waals surface area contributed by atoms with Crippen molar-refractivity contribution in [1.29, 1.82) is 0 Å². The van der Waals surface area contributed by atoms with Crippen LogP contribution in [-0.4, -0.2) is 14.5 Å². The van der Waals surface area contributed by atoms with Gasteiger partial charge in [-0.3, -0.25) is 4.57 Å². The molecule has 2 aromatic heterocycles. The number of hydrogen-bond donors (Lipinski definition) is 0.